The van der Waals surface area contributed by atoms with E-state index in [2.05, 4.69) is 0 Å². The van der Waals surface area contributed by atoms with Gasteiger partial charge in [0.25, 0.3) is 0 Å². The predicted octanol–water partition coefficient (Wildman–Crippen LogP) is -0.556. The van der Waals surface area contributed by atoms with Gasteiger partial charge in [-0.1, -0.05) is 18.2 Å². The topological polar surface area (TPSA) is 49.7 Å². The molecule has 0 spiro atoms. The summed E-state index contributed by atoms with van der Waals surface area (Å²) in [6.07, 6.45) is -0.914. The van der Waals surface area contributed by atoms with Crippen LogP contribution in [0.3, 0.4) is 0 Å². The molecule has 1 heterocycles. The van der Waals surface area contributed by atoms with Crippen molar-refractivity contribution in [3.05, 3.63) is 29.3 Å². The van der Waals surface area contributed by atoms with Crippen LogP contribution in [0, 0.1) is 0 Å². The molecule has 0 aliphatic carbocycles. The average molecular weight is 163 g/mol. The fourth-order valence-electron chi connectivity index (χ4n) is 1.38. The second kappa shape index (κ2) is 2.90. The predicted molar refractivity (Wildman–Crippen MR) is 43.8 cm³/mol. The van der Waals surface area contributed by atoms with Gasteiger partial charge in [0.1, 0.15) is 0 Å². The number of aliphatic hydroxyl groups is 2. The van der Waals surface area contributed by atoms with Crippen LogP contribution in [0.4, 0.5) is 0 Å². The van der Waals surface area contributed by atoms with Crippen molar-refractivity contribution in [2.45, 2.75) is 12.9 Å². The van der Waals surface area contributed by atoms with E-state index in [1.807, 2.05) is 12.1 Å². The fourth-order valence-corrected chi connectivity index (χ4v) is 1.38. The second-order valence-corrected chi connectivity index (χ2v) is 2.68. The molecule has 1 aliphatic heterocycles. The van der Waals surface area contributed by atoms with Crippen LogP contribution in [0.15, 0.2) is 18.2 Å². The molecule has 1 unspecified atom stereocenters. The first-order valence-electron chi connectivity index (χ1n) is 3.72. The van der Waals surface area contributed by atoms with Crippen molar-refractivity contribution < 1.29 is 14.9 Å². The summed E-state index contributed by atoms with van der Waals surface area (Å²) in [6.45, 7) is -0.0720. The lowest BCUT2D eigenvalue weighted by molar-refractivity contribution is -0.00925. The Morgan fingerprint density at radius 3 is 3.08 bits per heavy atom. The first kappa shape index (κ1) is 7.80. The Balaban J connectivity index is 2.53. The number of hydrogen-bond acceptors (Lipinski definition) is 3. The largest absolute Gasteiger partial charge is 0.407 e. The van der Waals surface area contributed by atoms with Crippen LogP contribution >= 0.6 is 0 Å². The third-order valence-electron chi connectivity index (χ3n) is 1.97. The summed E-state index contributed by atoms with van der Waals surface area (Å²) in [4.78, 5) is 0. The molecule has 2 rings (SSSR count). The van der Waals surface area contributed by atoms with Crippen LogP contribution in [-0.4, -0.2) is 17.7 Å². The lowest BCUT2D eigenvalue weighted by Gasteiger charge is -2.08. The monoisotopic (exact) mass is 163 g/mol. The molecule has 0 saturated carbocycles. The van der Waals surface area contributed by atoms with E-state index < -0.39 is 6.29 Å². The number of aliphatic hydroxyl groups excluding tert-OH is 2. The number of benzene rings is 1. The summed E-state index contributed by atoms with van der Waals surface area (Å²) in [6, 6.07) is 5.43. The van der Waals surface area contributed by atoms with Gasteiger partial charge in [0.15, 0.2) is 6.29 Å². The minimum Gasteiger partial charge on any atom is -0.407 e. The molecule has 1 aromatic rings. The molecule has 0 fully saturated rings. The Morgan fingerprint density at radius 1 is 1.50 bits per heavy atom. The lowest BCUT2D eigenvalue weighted by Crippen LogP contribution is -2.12. The smallest absolute Gasteiger partial charge is 0.334 e. The van der Waals surface area contributed by atoms with Gasteiger partial charge in [0.05, 0.1) is 6.61 Å². The molecule has 1 aliphatic rings. The van der Waals surface area contributed by atoms with Gasteiger partial charge in [0.2, 0.25) is 0 Å². The molecule has 0 saturated heterocycles. The average Bonchev–Trinajstić information content (AvgIpc) is 2.48. The molecule has 0 bridgehead atoms. The molecule has 1 atom stereocenters. The van der Waals surface area contributed by atoms with E-state index in [0.29, 0.717) is 11.1 Å². The van der Waals surface area contributed by atoms with Gasteiger partial charge in [-0.15, -0.1) is 0 Å². The third kappa shape index (κ3) is 1.05. The first-order chi connectivity index (χ1) is 5.83. The molecular weight excluding hydrogens is 155 g/mol. The molecule has 3 nitrogen and oxygen atoms in total. The van der Waals surface area contributed by atoms with E-state index in [1.165, 1.54) is 7.48 Å². The maximum Gasteiger partial charge on any atom is 0.334 e. The molecule has 1 radical (unpaired) electrons. The number of hydrogen-bond donors (Lipinski definition) is 2. The number of rotatable bonds is 1. The highest BCUT2D eigenvalue weighted by atomic mass is 16.6. The zero-order valence-corrected chi connectivity index (χ0v) is 6.40. The first-order valence-corrected chi connectivity index (χ1v) is 3.72. The minimum absolute atomic E-state index is 0.0720. The van der Waals surface area contributed by atoms with Crippen molar-refractivity contribution in [3.63, 3.8) is 0 Å². The van der Waals surface area contributed by atoms with Crippen molar-refractivity contribution in [1.82, 2.24) is 0 Å². The summed E-state index contributed by atoms with van der Waals surface area (Å²) >= 11 is 0. The molecule has 0 aromatic heterocycles. The summed E-state index contributed by atoms with van der Waals surface area (Å²) in [7, 11) is 1.50. The van der Waals surface area contributed by atoms with Crippen molar-refractivity contribution in [2.24, 2.45) is 0 Å². The highest BCUT2D eigenvalue weighted by Gasteiger charge is 2.24. The Hall–Kier alpha value is -0.835. The van der Waals surface area contributed by atoms with Crippen molar-refractivity contribution in [2.75, 3.05) is 0 Å². The molecular formula is C8H8BO3. The SMILES string of the molecule is OCc1cccc2c1C(O)O[B]2. The van der Waals surface area contributed by atoms with Gasteiger partial charge in [-0.2, -0.15) is 0 Å². The molecule has 4 heteroatoms. The molecule has 12 heavy (non-hydrogen) atoms. The summed E-state index contributed by atoms with van der Waals surface area (Å²) in [5.41, 5.74) is 2.24. The molecule has 61 valence electrons. The van der Waals surface area contributed by atoms with E-state index in [0.717, 1.165) is 5.46 Å². The van der Waals surface area contributed by atoms with Crippen LogP contribution < -0.4 is 5.46 Å². The molecule has 1 aromatic carbocycles. The third-order valence-corrected chi connectivity index (χ3v) is 1.97. The van der Waals surface area contributed by atoms with Crippen molar-refractivity contribution in [3.8, 4) is 0 Å². The maximum atomic E-state index is 9.33. The Bertz CT molecular complexity index is 300. The maximum absolute atomic E-state index is 9.33. The molecule has 0 amide bonds. The second-order valence-electron chi connectivity index (χ2n) is 2.68. The lowest BCUT2D eigenvalue weighted by atomic mass is 9.85. The minimum atomic E-state index is -0.914. The van der Waals surface area contributed by atoms with E-state index in [4.69, 9.17) is 9.76 Å². The van der Waals surface area contributed by atoms with Gasteiger partial charge >= 0.3 is 7.48 Å². The number of fused-ring (bicyclic) bond motifs is 1. The zero-order chi connectivity index (χ0) is 8.55. The summed E-state index contributed by atoms with van der Waals surface area (Å²) in [5, 5.41) is 18.3. The standard InChI is InChI=1S/C8H8BO3/c10-4-5-2-1-3-6-7(5)8(11)12-9-6/h1-3,8,10-11H,4H2. The van der Waals surface area contributed by atoms with Gasteiger partial charge in [-0.3, -0.25) is 0 Å². The van der Waals surface area contributed by atoms with E-state index in [1.54, 1.807) is 6.07 Å². The fraction of sp³-hybridized carbons (Fsp3) is 0.250. The van der Waals surface area contributed by atoms with Crippen LogP contribution in [-0.2, 0) is 11.3 Å². The van der Waals surface area contributed by atoms with Crippen LogP contribution in [0.2, 0.25) is 0 Å². The van der Waals surface area contributed by atoms with Gasteiger partial charge < -0.3 is 14.9 Å². The van der Waals surface area contributed by atoms with Crippen molar-refractivity contribution in [1.29, 1.82) is 0 Å². The Morgan fingerprint density at radius 2 is 2.33 bits per heavy atom. The summed E-state index contributed by atoms with van der Waals surface area (Å²) < 4.78 is 4.89. The van der Waals surface area contributed by atoms with Crippen LogP contribution in [0.25, 0.3) is 0 Å². The highest BCUT2D eigenvalue weighted by Crippen LogP contribution is 2.21. The van der Waals surface area contributed by atoms with E-state index in [9.17, 15) is 5.11 Å². The van der Waals surface area contributed by atoms with Gasteiger partial charge in [0, 0.05) is 5.56 Å². The van der Waals surface area contributed by atoms with E-state index in [-0.39, 0.29) is 6.61 Å². The van der Waals surface area contributed by atoms with Gasteiger partial charge in [-0.05, 0) is 11.0 Å². The normalized spacial score (nSPS) is 20.3. The van der Waals surface area contributed by atoms with E-state index >= 15 is 0 Å². The van der Waals surface area contributed by atoms with Gasteiger partial charge in [-0.25, -0.2) is 0 Å². The quantitative estimate of drug-likeness (QED) is 0.545. The van der Waals surface area contributed by atoms with Crippen LogP contribution in [0.1, 0.15) is 17.4 Å². The zero-order valence-electron chi connectivity index (χ0n) is 6.40. The van der Waals surface area contributed by atoms with Crippen molar-refractivity contribution >= 4 is 12.9 Å². The highest BCUT2D eigenvalue weighted by molar-refractivity contribution is 6.49. The Kier molecular flexibility index (Phi) is 1.88. The Labute approximate surface area is 70.9 Å². The van der Waals surface area contributed by atoms with Crippen LogP contribution in [0.5, 0.6) is 0 Å². The molecule has 2 N–H and O–H groups in total. The summed E-state index contributed by atoms with van der Waals surface area (Å²) in [5.74, 6) is 0.